The number of nitrogens with zero attached hydrogens (tertiary/aromatic N) is 5. The minimum absolute atomic E-state index is 0.345. The minimum Gasteiger partial charge on any atom is -0.364 e. The quantitative estimate of drug-likeness (QED) is 0.728. The van der Waals surface area contributed by atoms with Gasteiger partial charge in [0.1, 0.15) is 12.2 Å². The summed E-state index contributed by atoms with van der Waals surface area (Å²) in [6.45, 7) is 2.00. The summed E-state index contributed by atoms with van der Waals surface area (Å²) in [5, 5.41) is 11.5. The molecule has 0 radical (unpaired) electrons. The molecule has 1 aliphatic rings. The number of aromatic amines is 1. The number of rotatable bonds is 2. The van der Waals surface area contributed by atoms with Crippen molar-refractivity contribution in [2.45, 2.75) is 32.2 Å². The van der Waals surface area contributed by atoms with Gasteiger partial charge in [0.15, 0.2) is 5.82 Å². The van der Waals surface area contributed by atoms with Crippen LogP contribution in [0.1, 0.15) is 23.6 Å². The average molecular weight is 269 g/mol. The largest absolute Gasteiger partial charge is 0.364 e. The number of aryl methyl sites for hydroxylation is 2. The van der Waals surface area contributed by atoms with E-state index in [9.17, 15) is 0 Å². The molecular formula is C13H15N7. The van der Waals surface area contributed by atoms with Crippen molar-refractivity contribution >= 4 is 11.5 Å². The van der Waals surface area contributed by atoms with Crippen LogP contribution in [0.4, 0.5) is 5.82 Å². The molecular weight excluding hydrogens is 254 g/mol. The van der Waals surface area contributed by atoms with E-state index in [4.69, 9.17) is 0 Å². The van der Waals surface area contributed by atoms with E-state index in [1.165, 1.54) is 11.4 Å². The van der Waals surface area contributed by atoms with Crippen molar-refractivity contribution in [1.29, 1.82) is 0 Å². The van der Waals surface area contributed by atoms with Gasteiger partial charge in [0, 0.05) is 30.6 Å². The van der Waals surface area contributed by atoms with Gasteiger partial charge in [-0.2, -0.15) is 0 Å². The third kappa shape index (κ3) is 1.82. The lowest BCUT2D eigenvalue weighted by molar-refractivity contribution is 0.595. The molecule has 0 spiro atoms. The van der Waals surface area contributed by atoms with Crippen LogP contribution < -0.4 is 5.32 Å². The van der Waals surface area contributed by atoms with E-state index >= 15 is 0 Å². The van der Waals surface area contributed by atoms with Gasteiger partial charge in [-0.05, 0) is 19.8 Å². The fourth-order valence-corrected chi connectivity index (χ4v) is 2.80. The number of hydrogen-bond donors (Lipinski definition) is 2. The van der Waals surface area contributed by atoms with Crippen LogP contribution >= 0.6 is 0 Å². The van der Waals surface area contributed by atoms with E-state index in [2.05, 4.69) is 30.5 Å². The molecule has 7 nitrogen and oxygen atoms in total. The Kier molecular flexibility index (Phi) is 2.45. The Morgan fingerprint density at radius 3 is 3.35 bits per heavy atom. The van der Waals surface area contributed by atoms with Crippen LogP contribution in [0.5, 0.6) is 0 Å². The van der Waals surface area contributed by atoms with Gasteiger partial charge in [-0.3, -0.25) is 4.40 Å². The Labute approximate surface area is 115 Å². The molecule has 3 heterocycles. The van der Waals surface area contributed by atoms with E-state index in [1.807, 2.05) is 17.5 Å². The van der Waals surface area contributed by atoms with Gasteiger partial charge in [0.05, 0.1) is 5.69 Å². The summed E-state index contributed by atoms with van der Waals surface area (Å²) >= 11 is 0. The molecule has 0 bridgehead atoms. The zero-order valence-corrected chi connectivity index (χ0v) is 11.2. The smallest absolute Gasteiger partial charge is 0.203 e. The van der Waals surface area contributed by atoms with Crippen LogP contribution in [-0.2, 0) is 12.8 Å². The van der Waals surface area contributed by atoms with E-state index in [-0.39, 0.29) is 0 Å². The number of aromatic nitrogens is 6. The number of H-pyrrole nitrogens is 1. The highest BCUT2D eigenvalue weighted by atomic mass is 15.2. The third-order valence-electron chi connectivity index (χ3n) is 3.72. The molecule has 0 aliphatic heterocycles. The Hall–Kier alpha value is -2.44. The Balaban J connectivity index is 1.60. The fraction of sp³-hybridized carbons (Fsp3) is 0.385. The molecule has 1 atom stereocenters. The molecule has 1 aliphatic carbocycles. The lowest BCUT2D eigenvalue weighted by Crippen LogP contribution is -2.28. The highest BCUT2D eigenvalue weighted by molar-refractivity contribution is 5.61. The highest BCUT2D eigenvalue weighted by Gasteiger charge is 2.22. The van der Waals surface area contributed by atoms with Gasteiger partial charge in [0.25, 0.3) is 0 Å². The van der Waals surface area contributed by atoms with E-state index in [0.29, 0.717) is 6.04 Å². The fourth-order valence-electron chi connectivity index (χ4n) is 2.80. The van der Waals surface area contributed by atoms with Gasteiger partial charge >= 0.3 is 0 Å². The molecule has 1 unspecified atom stereocenters. The molecule has 7 heteroatoms. The predicted octanol–water partition coefficient (Wildman–Crippen LogP) is 1.13. The summed E-state index contributed by atoms with van der Waals surface area (Å²) in [4.78, 5) is 12.2. The second-order valence-electron chi connectivity index (χ2n) is 5.17. The molecule has 20 heavy (non-hydrogen) atoms. The van der Waals surface area contributed by atoms with Crippen molar-refractivity contribution < 1.29 is 0 Å². The second kappa shape index (κ2) is 4.29. The summed E-state index contributed by atoms with van der Waals surface area (Å²) in [5.41, 5.74) is 3.20. The summed E-state index contributed by atoms with van der Waals surface area (Å²) in [7, 11) is 0. The first kappa shape index (κ1) is 11.4. The van der Waals surface area contributed by atoms with Crippen molar-refractivity contribution in [3.63, 3.8) is 0 Å². The van der Waals surface area contributed by atoms with E-state index < -0.39 is 0 Å². The van der Waals surface area contributed by atoms with Gasteiger partial charge in [-0.25, -0.2) is 9.97 Å². The molecule has 3 aromatic rings. The van der Waals surface area contributed by atoms with Crippen LogP contribution in [0.25, 0.3) is 5.65 Å². The van der Waals surface area contributed by atoms with Crippen molar-refractivity contribution in [3.05, 3.63) is 35.9 Å². The minimum atomic E-state index is 0.345. The normalized spacial score (nSPS) is 18.1. The number of anilines is 1. The maximum Gasteiger partial charge on any atom is 0.203 e. The molecule has 2 N–H and O–H groups in total. The van der Waals surface area contributed by atoms with Crippen molar-refractivity contribution in [2.24, 2.45) is 0 Å². The summed E-state index contributed by atoms with van der Waals surface area (Å²) in [6.07, 6.45) is 8.26. The first-order chi connectivity index (χ1) is 9.79. The molecule has 0 aromatic carbocycles. The predicted molar refractivity (Wildman–Crippen MR) is 73.5 cm³/mol. The van der Waals surface area contributed by atoms with Crippen LogP contribution in [0, 0.1) is 6.92 Å². The molecule has 4 rings (SSSR count). The van der Waals surface area contributed by atoms with Gasteiger partial charge in [0.2, 0.25) is 5.65 Å². The third-order valence-corrected chi connectivity index (χ3v) is 3.72. The summed E-state index contributed by atoms with van der Waals surface area (Å²) < 4.78 is 1.87. The van der Waals surface area contributed by atoms with Crippen molar-refractivity contribution in [3.8, 4) is 0 Å². The Morgan fingerprint density at radius 2 is 2.40 bits per heavy atom. The van der Waals surface area contributed by atoms with Gasteiger partial charge in [-0.15, -0.1) is 10.2 Å². The maximum absolute atomic E-state index is 4.51. The van der Waals surface area contributed by atoms with Crippen molar-refractivity contribution in [2.75, 3.05) is 5.32 Å². The maximum atomic E-state index is 4.51. The molecule has 0 fully saturated rings. The van der Waals surface area contributed by atoms with Crippen LogP contribution in [-0.4, -0.2) is 35.6 Å². The lowest BCUT2D eigenvalue weighted by atomic mass is 9.96. The number of fused-ring (bicyclic) bond motifs is 2. The standard InChI is InChI=1S/C13H15N7/c1-8-16-10-3-2-9(6-11(10)17-8)18-12-13-19-15-7-20(13)5-4-14-12/h4-5,7,9H,2-3,6H2,1H3,(H,14,18)(H,16,17). The van der Waals surface area contributed by atoms with Crippen molar-refractivity contribution in [1.82, 2.24) is 29.5 Å². The van der Waals surface area contributed by atoms with Gasteiger partial charge in [-0.1, -0.05) is 0 Å². The zero-order valence-electron chi connectivity index (χ0n) is 11.2. The topological polar surface area (TPSA) is 83.8 Å². The van der Waals surface area contributed by atoms with Crippen LogP contribution in [0.15, 0.2) is 18.7 Å². The molecule has 0 amide bonds. The Morgan fingerprint density at radius 1 is 1.45 bits per heavy atom. The zero-order chi connectivity index (χ0) is 13.5. The number of hydrogen-bond acceptors (Lipinski definition) is 5. The Bertz CT molecular complexity index is 757. The molecule has 0 saturated carbocycles. The second-order valence-corrected chi connectivity index (χ2v) is 5.17. The molecule has 3 aromatic heterocycles. The van der Waals surface area contributed by atoms with E-state index in [0.717, 1.165) is 36.6 Å². The molecule has 0 saturated heterocycles. The summed E-state index contributed by atoms with van der Waals surface area (Å²) in [5.74, 6) is 1.78. The van der Waals surface area contributed by atoms with E-state index in [1.54, 1.807) is 12.5 Å². The first-order valence-corrected chi connectivity index (χ1v) is 6.75. The van der Waals surface area contributed by atoms with Crippen LogP contribution in [0.3, 0.4) is 0 Å². The monoisotopic (exact) mass is 269 g/mol. The first-order valence-electron chi connectivity index (χ1n) is 6.75. The molecule has 102 valence electrons. The number of nitrogens with one attached hydrogen (secondary N) is 2. The van der Waals surface area contributed by atoms with Crippen LogP contribution in [0.2, 0.25) is 0 Å². The average Bonchev–Trinajstić information content (AvgIpc) is 3.03. The number of imidazole rings is 1. The highest BCUT2D eigenvalue weighted by Crippen LogP contribution is 2.22. The summed E-state index contributed by atoms with van der Waals surface area (Å²) in [6, 6.07) is 0.345. The lowest BCUT2D eigenvalue weighted by Gasteiger charge is -2.22. The SMILES string of the molecule is Cc1nc2c([nH]1)CC(Nc1nccn3cnnc13)CC2. The van der Waals surface area contributed by atoms with Gasteiger partial charge < -0.3 is 10.3 Å².